The van der Waals surface area contributed by atoms with Crippen LogP contribution in [-0.2, 0) is 0 Å². The van der Waals surface area contributed by atoms with Crippen molar-refractivity contribution in [2.24, 2.45) is 0 Å². The Bertz CT molecular complexity index is 1000. The molecule has 2 aromatic carbocycles. The van der Waals surface area contributed by atoms with Gasteiger partial charge in [0.2, 0.25) is 0 Å². The molecule has 3 rings (SSSR count). The fourth-order valence-corrected chi connectivity index (χ4v) is 2.84. The van der Waals surface area contributed by atoms with Gasteiger partial charge in [-0.2, -0.15) is 0 Å². The highest BCUT2D eigenvalue weighted by atomic mass is 79.9. The van der Waals surface area contributed by atoms with Gasteiger partial charge in [0.1, 0.15) is 0 Å². The molecule has 0 bridgehead atoms. The lowest BCUT2D eigenvalue weighted by atomic mass is 10.1. The van der Waals surface area contributed by atoms with Crippen LogP contribution in [0.1, 0.15) is 21.6 Å². The molecule has 0 aliphatic rings. The smallest absolute Gasteiger partial charge is 0.291 e. The summed E-state index contributed by atoms with van der Waals surface area (Å²) in [5.74, 6) is -0.204. The maximum Gasteiger partial charge on any atom is 0.327 e. The third-order valence-corrected chi connectivity index (χ3v) is 4.45. The lowest BCUT2D eigenvalue weighted by molar-refractivity contribution is 0.0966. The summed E-state index contributed by atoms with van der Waals surface area (Å²) in [6.45, 7) is 3.62. The SMILES string of the molecule is Cc1ccccc1C(=O)NC(=O)Nc1cnc(-c2ccc(Br)cc2)c(C)n1. The molecule has 2 N–H and O–H groups in total. The number of carbonyl (C=O) groups is 2. The van der Waals surface area contributed by atoms with Crippen LogP contribution >= 0.6 is 15.9 Å². The number of rotatable bonds is 3. The zero-order valence-electron chi connectivity index (χ0n) is 14.8. The van der Waals surface area contributed by atoms with Crippen LogP contribution in [0, 0.1) is 13.8 Å². The number of nitrogens with one attached hydrogen (secondary N) is 2. The van der Waals surface area contributed by atoms with Gasteiger partial charge >= 0.3 is 6.03 Å². The Labute approximate surface area is 165 Å². The second-order valence-electron chi connectivity index (χ2n) is 5.92. The van der Waals surface area contributed by atoms with E-state index in [0.717, 1.165) is 21.3 Å². The van der Waals surface area contributed by atoms with E-state index in [-0.39, 0.29) is 5.82 Å². The second kappa shape index (κ2) is 8.09. The van der Waals surface area contributed by atoms with Gasteiger partial charge in [-0.25, -0.2) is 9.78 Å². The number of urea groups is 1. The summed E-state index contributed by atoms with van der Waals surface area (Å²) in [4.78, 5) is 33.0. The highest BCUT2D eigenvalue weighted by Gasteiger charge is 2.13. The fraction of sp³-hybridized carbons (Fsp3) is 0.100. The summed E-state index contributed by atoms with van der Waals surface area (Å²) < 4.78 is 0.977. The first-order chi connectivity index (χ1) is 12.9. The Balaban J connectivity index is 1.69. The number of imide groups is 1. The maximum atomic E-state index is 12.2. The number of benzene rings is 2. The minimum atomic E-state index is -0.659. The molecule has 6 nitrogen and oxygen atoms in total. The molecular weight excluding hydrogens is 408 g/mol. The van der Waals surface area contributed by atoms with E-state index in [1.165, 1.54) is 6.20 Å². The highest BCUT2D eigenvalue weighted by molar-refractivity contribution is 9.10. The van der Waals surface area contributed by atoms with Gasteiger partial charge < -0.3 is 0 Å². The van der Waals surface area contributed by atoms with Crippen molar-refractivity contribution in [1.82, 2.24) is 15.3 Å². The van der Waals surface area contributed by atoms with E-state index >= 15 is 0 Å². The Morgan fingerprint density at radius 2 is 1.70 bits per heavy atom. The maximum absolute atomic E-state index is 12.2. The first-order valence-corrected chi connectivity index (χ1v) is 9.01. The number of nitrogens with zero attached hydrogens (tertiary/aromatic N) is 2. The molecule has 3 amide bonds. The zero-order chi connectivity index (χ0) is 19.4. The van der Waals surface area contributed by atoms with Crippen molar-refractivity contribution in [2.75, 3.05) is 5.32 Å². The Morgan fingerprint density at radius 3 is 2.37 bits per heavy atom. The number of hydrogen-bond donors (Lipinski definition) is 2. The van der Waals surface area contributed by atoms with E-state index in [1.54, 1.807) is 12.1 Å². The van der Waals surface area contributed by atoms with Crippen LogP contribution in [0.15, 0.2) is 59.2 Å². The van der Waals surface area contributed by atoms with E-state index in [2.05, 4.69) is 36.5 Å². The number of hydrogen-bond acceptors (Lipinski definition) is 4. The molecule has 0 fully saturated rings. The predicted molar refractivity (Wildman–Crippen MR) is 108 cm³/mol. The van der Waals surface area contributed by atoms with Crippen LogP contribution in [0.4, 0.5) is 10.6 Å². The monoisotopic (exact) mass is 424 g/mol. The Morgan fingerprint density at radius 1 is 1.00 bits per heavy atom. The molecule has 7 heteroatoms. The summed E-state index contributed by atoms with van der Waals surface area (Å²) in [6.07, 6.45) is 1.46. The van der Waals surface area contributed by atoms with Crippen LogP contribution in [-0.4, -0.2) is 21.9 Å². The van der Waals surface area contributed by atoms with E-state index in [0.29, 0.717) is 11.3 Å². The predicted octanol–water partition coefficient (Wildman–Crippen LogP) is 4.48. The first-order valence-electron chi connectivity index (χ1n) is 8.21. The number of carbonyl (C=O) groups excluding carboxylic acids is 2. The number of anilines is 1. The van der Waals surface area contributed by atoms with Gasteiger partial charge in [-0.3, -0.25) is 20.4 Å². The second-order valence-corrected chi connectivity index (χ2v) is 6.83. The molecule has 0 atom stereocenters. The van der Waals surface area contributed by atoms with Crippen molar-refractivity contribution in [2.45, 2.75) is 13.8 Å². The van der Waals surface area contributed by atoms with Crippen molar-refractivity contribution < 1.29 is 9.59 Å². The molecule has 0 radical (unpaired) electrons. The van der Waals surface area contributed by atoms with Crippen molar-refractivity contribution in [3.8, 4) is 11.3 Å². The molecule has 0 saturated heterocycles. The molecule has 0 spiro atoms. The van der Waals surface area contributed by atoms with Gasteiger partial charge in [0.05, 0.1) is 17.6 Å². The quantitative estimate of drug-likeness (QED) is 0.648. The third kappa shape index (κ3) is 4.57. The minimum Gasteiger partial charge on any atom is -0.291 e. The molecule has 1 aromatic heterocycles. The normalized spacial score (nSPS) is 10.3. The van der Waals surface area contributed by atoms with E-state index in [9.17, 15) is 9.59 Å². The molecular formula is C20H17BrN4O2. The summed E-state index contributed by atoms with van der Waals surface area (Å²) in [6, 6.07) is 14.1. The molecule has 0 unspecified atom stereocenters. The van der Waals surface area contributed by atoms with Crippen molar-refractivity contribution in [3.63, 3.8) is 0 Å². The van der Waals surface area contributed by atoms with Gasteiger partial charge in [0, 0.05) is 15.6 Å². The highest BCUT2D eigenvalue weighted by Crippen LogP contribution is 2.22. The minimum absolute atomic E-state index is 0.267. The van der Waals surface area contributed by atoms with E-state index < -0.39 is 11.9 Å². The summed E-state index contributed by atoms with van der Waals surface area (Å²) in [7, 11) is 0. The summed E-state index contributed by atoms with van der Waals surface area (Å²) >= 11 is 3.40. The molecule has 3 aromatic rings. The van der Waals surface area contributed by atoms with Crippen LogP contribution < -0.4 is 10.6 Å². The summed E-state index contributed by atoms with van der Waals surface area (Å²) in [5, 5.41) is 4.83. The van der Waals surface area contributed by atoms with Gasteiger partial charge in [-0.1, -0.05) is 46.3 Å². The fourth-order valence-electron chi connectivity index (χ4n) is 2.58. The van der Waals surface area contributed by atoms with Gasteiger partial charge in [0.25, 0.3) is 5.91 Å². The van der Waals surface area contributed by atoms with Crippen LogP contribution in [0.5, 0.6) is 0 Å². The number of halogens is 1. The third-order valence-electron chi connectivity index (χ3n) is 3.92. The number of amides is 3. The van der Waals surface area contributed by atoms with Crippen molar-refractivity contribution in [3.05, 3.63) is 76.0 Å². The molecule has 0 saturated carbocycles. The van der Waals surface area contributed by atoms with Gasteiger partial charge in [-0.15, -0.1) is 0 Å². The number of aromatic nitrogens is 2. The average Bonchev–Trinajstić information content (AvgIpc) is 2.63. The molecule has 136 valence electrons. The van der Waals surface area contributed by atoms with Crippen LogP contribution in [0.25, 0.3) is 11.3 Å². The number of aryl methyl sites for hydroxylation is 2. The molecule has 27 heavy (non-hydrogen) atoms. The van der Waals surface area contributed by atoms with Crippen molar-refractivity contribution >= 4 is 33.7 Å². The van der Waals surface area contributed by atoms with Gasteiger partial charge in [0.15, 0.2) is 5.82 Å². The zero-order valence-corrected chi connectivity index (χ0v) is 16.4. The standard InChI is InChI=1S/C20H17BrN4O2/c1-12-5-3-4-6-16(12)19(26)25-20(27)24-17-11-22-18(13(2)23-17)14-7-9-15(21)10-8-14/h3-11H,1-2H3,(H2,23,24,25,26,27). The van der Waals surface area contributed by atoms with Crippen LogP contribution in [0.3, 0.4) is 0 Å². The van der Waals surface area contributed by atoms with Crippen LogP contribution in [0.2, 0.25) is 0 Å². The Hall–Kier alpha value is -3.06. The first kappa shape index (κ1) is 18.7. The van der Waals surface area contributed by atoms with E-state index in [4.69, 9.17) is 0 Å². The summed E-state index contributed by atoms with van der Waals surface area (Å²) in [5.41, 5.74) is 3.55. The molecule has 1 heterocycles. The topological polar surface area (TPSA) is 84.0 Å². The van der Waals surface area contributed by atoms with E-state index in [1.807, 2.05) is 50.2 Å². The van der Waals surface area contributed by atoms with Crippen molar-refractivity contribution in [1.29, 1.82) is 0 Å². The van der Waals surface area contributed by atoms with Gasteiger partial charge in [-0.05, 0) is 37.6 Å². The Kier molecular flexibility index (Phi) is 5.61. The lowest BCUT2D eigenvalue weighted by Crippen LogP contribution is -2.35. The average molecular weight is 425 g/mol. The molecule has 0 aliphatic heterocycles. The lowest BCUT2D eigenvalue weighted by Gasteiger charge is -2.10. The molecule has 0 aliphatic carbocycles. The largest absolute Gasteiger partial charge is 0.327 e.